The average molecular weight is 364 g/mol. The van der Waals surface area contributed by atoms with E-state index in [1.54, 1.807) is 13.2 Å². The molecule has 27 heavy (non-hydrogen) atoms. The molecule has 0 radical (unpaired) electrons. The Morgan fingerprint density at radius 3 is 2.70 bits per heavy atom. The van der Waals surface area contributed by atoms with Gasteiger partial charge in [0.2, 0.25) is 0 Å². The number of nitrogens with two attached hydrogens (primary N) is 1. The first-order valence-corrected chi connectivity index (χ1v) is 9.23. The number of aromatic nitrogens is 1. The van der Waals surface area contributed by atoms with Gasteiger partial charge in [-0.15, -0.1) is 0 Å². The zero-order valence-corrected chi connectivity index (χ0v) is 15.6. The molecule has 0 spiro atoms. The number of benzene rings is 2. The van der Waals surface area contributed by atoms with E-state index in [4.69, 9.17) is 15.2 Å². The number of H-pyrrole nitrogens is 1. The van der Waals surface area contributed by atoms with Crippen molar-refractivity contribution < 1.29 is 14.3 Å². The lowest BCUT2D eigenvalue weighted by atomic mass is 9.85. The molecule has 0 amide bonds. The maximum atomic E-state index is 11.9. The number of anilines is 1. The fourth-order valence-electron chi connectivity index (χ4n) is 3.80. The van der Waals surface area contributed by atoms with E-state index in [1.165, 1.54) is 25.5 Å². The summed E-state index contributed by atoms with van der Waals surface area (Å²) >= 11 is 0. The van der Waals surface area contributed by atoms with Gasteiger partial charge in [0.1, 0.15) is 5.75 Å². The molecule has 2 aromatic carbocycles. The van der Waals surface area contributed by atoms with Crippen molar-refractivity contribution in [2.75, 3.05) is 20.0 Å². The van der Waals surface area contributed by atoms with E-state index >= 15 is 0 Å². The molecule has 0 saturated heterocycles. The van der Waals surface area contributed by atoms with Gasteiger partial charge in [-0.05, 0) is 48.2 Å². The first kappa shape index (κ1) is 17.5. The highest BCUT2D eigenvalue weighted by molar-refractivity contribution is 5.90. The molecule has 1 heterocycles. The van der Waals surface area contributed by atoms with Gasteiger partial charge in [0.25, 0.3) is 0 Å². The monoisotopic (exact) mass is 364 g/mol. The summed E-state index contributed by atoms with van der Waals surface area (Å²) in [4.78, 5) is 15.3. The van der Waals surface area contributed by atoms with Crippen LogP contribution in [-0.4, -0.2) is 25.2 Å². The minimum absolute atomic E-state index is 0.176. The van der Waals surface area contributed by atoms with E-state index in [2.05, 4.69) is 11.2 Å². The summed E-state index contributed by atoms with van der Waals surface area (Å²) in [5, 5.41) is 1.14. The number of nitrogen functional groups attached to an aromatic ring is 1. The largest absolute Gasteiger partial charge is 0.496 e. The predicted octanol–water partition coefficient (Wildman–Crippen LogP) is 4.48. The fourth-order valence-corrected chi connectivity index (χ4v) is 3.80. The maximum absolute atomic E-state index is 11.9. The highest BCUT2D eigenvalue weighted by atomic mass is 16.5. The topological polar surface area (TPSA) is 77.3 Å². The normalized spacial score (nSPS) is 14.9. The number of esters is 1. The molecular weight excluding hydrogens is 340 g/mol. The Bertz CT molecular complexity index is 988. The summed E-state index contributed by atoms with van der Waals surface area (Å²) in [6.45, 7) is 0. The molecule has 1 unspecified atom stereocenters. The molecule has 3 aromatic rings. The van der Waals surface area contributed by atoms with Crippen LogP contribution >= 0.6 is 0 Å². The van der Waals surface area contributed by atoms with Crippen LogP contribution in [0, 0.1) is 5.92 Å². The number of rotatable bonds is 6. The molecule has 4 rings (SSSR count). The number of fused-ring (bicyclic) bond motifs is 1. The molecule has 0 aliphatic heterocycles. The Hall–Kier alpha value is -2.95. The summed E-state index contributed by atoms with van der Waals surface area (Å²) in [5.74, 6) is 1.25. The Labute approximate surface area is 158 Å². The summed E-state index contributed by atoms with van der Waals surface area (Å²) in [6, 6.07) is 11.5. The number of hydrogen-bond donors (Lipinski definition) is 2. The molecule has 1 fully saturated rings. The highest BCUT2D eigenvalue weighted by Gasteiger charge is 2.30. The van der Waals surface area contributed by atoms with Crippen LogP contribution in [0.15, 0.2) is 42.6 Å². The van der Waals surface area contributed by atoms with Gasteiger partial charge in [-0.25, -0.2) is 4.79 Å². The van der Waals surface area contributed by atoms with Gasteiger partial charge in [0.05, 0.1) is 19.8 Å². The van der Waals surface area contributed by atoms with Crippen LogP contribution in [0.1, 0.15) is 46.7 Å². The Morgan fingerprint density at radius 1 is 1.19 bits per heavy atom. The Kier molecular flexibility index (Phi) is 4.52. The van der Waals surface area contributed by atoms with Crippen LogP contribution in [0.5, 0.6) is 5.75 Å². The van der Waals surface area contributed by atoms with E-state index < -0.39 is 0 Å². The number of carbonyl (C=O) groups excluding carboxylic acids is 1. The van der Waals surface area contributed by atoms with Gasteiger partial charge in [-0.1, -0.05) is 18.9 Å². The average Bonchev–Trinajstić information content (AvgIpc) is 3.43. The number of ether oxygens (including phenoxy) is 2. The third kappa shape index (κ3) is 3.37. The maximum Gasteiger partial charge on any atom is 0.337 e. The van der Waals surface area contributed by atoms with E-state index in [9.17, 15) is 4.79 Å². The van der Waals surface area contributed by atoms with Gasteiger partial charge >= 0.3 is 5.97 Å². The molecule has 140 valence electrons. The first-order valence-electron chi connectivity index (χ1n) is 9.23. The van der Waals surface area contributed by atoms with Gasteiger partial charge in [-0.3, -0.25) is 0 Å². The van der Waals surface area contributed by atoms with Crippen molar-refractivity contribution in [1.82, 2.24) is 4.98 Å². The summed E-state index contributed by atoms with van der Waals surface area (Å²) in [6.07, 6.45) is 5.66. The molecule has 3 N–H and O–H groups in total. The molecule has 0 bridgehead atoms. The van der Waals surface area contributed by atoms with Gasteiger partial charge < -0.3 is 20.2 Å². The van der Waals surface area contributed by atoms with Crippen LogP contribution in [0.4, 0.5) is 5.69 Å². The van der Waals surface area contributed by atoms with Crippen LogP contribution in [0.25, 0.3) is 10.9 Å². The zero-order chi connectivity index (χ0) is 19.0. The van der Waals surface area contributed by atoms with Crippen molar-refractivity contribution in [3.8, 4) is 5.75 Å². The van der Waals surface area contributed by atoms with Crippen molar-refractivity contribution in [2.45, 2.75) is 25.2 Å². The van der Waals surface area contributed by atoms with E-state index in [-0.39, 0.29) is 11.9 Å². The summed E-state index contributed by atoms with van der Waals surface area (Å²) in [7, 11) is 3.02. The van der Waals surface area contributed by atoms with Crippen LogP contribution in [0.2, 0.25) is 0 Å². The Balaban J connectivity index is 1.82. The lowest BCUT2D eigenvalue weighted by molar-refractivity contribution is 0.0600. The van der Waals surface area contributed by atoms with Crippen molar-refractivity contribution >= 4 is 22.6 Å². The third-order valence-corrected chi connectivity index (χ3v) is 5.41. The minimum atomic E-state index is -0.363. The smallest absolute Gasteiger partial charge is 0.337 e. The summed E-state index contributed by atoms with van der Waals surface area (Å²) < 4.78 is 10.5. The number of methoxy groups -OCH3 is 2. The number of carbonyl (C=O) groups is 1. The van der Waals surface area contributed by atoms with Gasteiger partial charge in [0, 0.05) is 34.3 Å². The molecular formula is C22H24N2O3. The zero-order valence-electron chi connectivity index (χ0n) is 15.6. The van der Waals surface area contributed by atoms with Crippen molar-refractivity contribution in [3.63, 3.8) is 0 Å². The first-order chi connectivity index (χ1) is 13.1. The van der Waals surface area contributed by atoms with Crippen LogP contribution < -0.4 is 10.5 Å². The SMILES string of the molecule is COC(=O)c1ccc(C(CC2CC2)c2c[nH]c3ccc(N)cc23)c(OC)c1. The second-order valence-corrected chi connectivity index (χ2v) is 7.23. The van der Waals surface area contributed by atoms with Gasteiger partial charge in [0.15, 0.2) is 0 Å². The molecule has 1 atom stereocenters. The highest BCUT2D eigenvalue weighted by Crippen LogP contribution is 2.45. The molecule has 5 nitrogen and oxygen atoms in total. The van der Waals surface area contributed by atoms with Gasteiger partial charge in [-0.2, -0.15) is 0 Å². The lowest BCUT2D eigenvalue weighted by Crippen LogP contribution is -2.07. The van der Waals surface area contributed by atoms with Crippen molar-refractivity contribution in [3.05, 3.63) is 59.3 Å². The minimum Gasteiger partial charge on any atom is -0.496 e. The molecule has 1 saturated carbocycles. The molecule has 1 aromatic heterocycles. The standard InChI is InChI=1S/C22H24N2O3/c1-26-21-10-14(22(25)27-2)5-7-16(21)17(9-13-3-4-13)19-12-24-20-8-6-15(23)11-18(19)20/h5-8,10-13,17,24H,3-4,9,23H2,1-2H3. The molecule has 1 aliphatic rings. The quantitative estimate of drug-likeness (QED) is 0.499. The predicted molar refractivity (Wildman–Crippen MR) is 106 cm³/mol. The second kappa shape index (κ2) is 6.99. The van der Waals surface area contributed by atoms with E-state index in [0.717, 1.165) is 34.5 Å². The Morgan fingerprint density at radius 2 is 2.00 bits per heavy atom. The van der Waals surface area contributed by atoms with Crippen molar-refractivity contribution in [2.24, 2.45) is 5.92 Å². The number of hydrogen-bond acceptors (Lipinski definition) is 4. The fraction of sp³-hybridized carbons (Fsp3) is 0.318. The number of nitrogens with one attached hydrogen (secondary N) is 1. The summed E-state index contributed by atoms with van der Waals surface area (Å²) in [5.41, 5.74) is 10.7. The van der Waals surface area contributed by atoms with E-state index in [1.807, 2.05) is 30.3 Å². The number of aromatic amines is 1. The molecule has 5 heteroatoms. The lowest BCUT2D eigenvalue weighted by Gasteiger charge is -2.20. The van der Waals surface area contributed by atoms with Crippen LogP contribution in [0.3, 0.4) is 0 Å². The van der Waals surface area contributed by atoms with Crippen molar-refractivity contribution in [1.29, 1.82) is 0 Å². The van der Waals surface area contributed by atoms with Crippen LogP contribution in [-0.2, 0) is 4.74 Å². The molecule has 1 aliphatic carbocycles. The third-order valence-electron chi connectivity index (χ3n) is 5.41. The second-order valence-electron chi connectivity index (χ2n) is 7.23. The van der Waals surface area contributed by atoms with E-state index in [0.29, 0.717) is 11.3 Å².